The molecule has 0 aliphatic carbocycles. The van der Waals surface area contributed by atoms with E-state index in [1.807, 2.05) is 19.1 Å². The fraction of sp³-hybridized carbons (Fsp3) is 0.250. The van der Waals surface area contributed by atoms with Crippen molar-refractivity contribution in [2.45, 2.75) is 26.0 Å². The van der Waals surface area contributed by atoms with Gasteiger partial charge in [0.15, 0.2) is 0 Å². The van der Waals surface area contributed by atoms with Crippen LogP contribution in [-0.2, 0) is 13.0 Å². The van der Waals surface area contributed by atoms with Gasteiger partial charge in [0.1, 0.15) is 18.2 Å². The number of hydrogen-bond acceptors (Lipinski definition) is 2. The molecule has 0 bridgehead atoms. The molecule has 2 aromatic rings. The smallest absolute Gasteiger partial charge is 0.141 e. The van der Waals surface area contributed by atoms with Crippen molar-refractivity contribution >= 4 is 27.5 Å². The fourth-order valence-corrected chi connectivity index (χ4v) is 2.68. The molecule has 1 unspecified atom stereocenters. The predicted octanol–water partition coefficient (Wildman–Crippen LogP) is 4.71. The van der Waals surface area contributed by atoms with E-state index in [9.17, 15) is 4.39 Å². The Morgan fingerprint density at radius 3 is 2.76 bits per heavy atom. The van der Waals surface area contributed by atoms with E-state index in [2.05, 4.69) is 15.9 Å². The maximum absolute atomic E-state index is 13.7. The number of halogens is 3. The molecule has 0 aliphatic heterocycles. The highest BCUT2D eigenvalue weighted by Gasteiger charge is 2.12. The summed E-state index contributed by atoms with van der Waals surface area (Å²) in [6, 6.07) is 10.3. The van der Waals surface area contributed by atoms with Gasteiger partial charge in [-0.05, 0) is 43.2 Å². The largest absolute Gasteiger partial charge is 0.487 e. The minimum Gasteiger partial charge on any atom is -0.487 e. The predicted molar refractivity (Wildman–Crippen MR) is 87.2 cm³/mol. The molecule has 5 heteroatoms. The van der Waals surface area contributed by atoms with Crippen LogP contribution in [0.3, 0.4) is 0 Å². The third-order valence-corrected chi connectivity index (χ3v) is 3.76. The lowest BCUT2D eigenvalue weighted by molar-refractivity contribution is 0.296. The molecule has 112 valence electrons. The van der Waals surface area contributed by atoms with E-state index in [-0.39, 0.29) is 18.5 Å². The first-order valence-electron chi connectivity index (χ1n) is 6.57. The summed E-state index contributed by atoms with van der Waals surface area (Å²) in [5, 5.41) is 0.503. The lowest BCUT2D eigenvalue weighted by atomic mass is 10.1. The Balaban J connectivity index is 2.21. The van der Waals surface area contributed by atoms with Gasteiger partial charge in [0, 0.05) is 16.1 Å². The highest BCUT2D eigenvalue weighted by Crippen LogP contribution is 2.30. The van der Waals surface area contributed by atoms with Crippen LogP contribution in [0.25, 0.3) is 0 Å². The Morgan fingerprint density at radius 2 is 2.05 bits per heavy atom. The number of ether oxygens (including phenoxy) is 1. The summed E-state index contributed by atoms with van der Waals surface area (Å²) in [4.78, 5) is 0. The average Bonchev–Trinajstić information content (AvgIpc) is 2.41. The van der Waals surface area contributed by atoms with Gasteiger partial charge in [-0.3, -0.25) is 0 Å². The minimum atomic E-state index is -0.306. The molecule has 0 spiro atoms. The van der Waals surface area contributed by atoms with Crippen LogP contribution in [0.5, 0.6) is 5.75 Å². The second kappa shape index (κ2) is 7.25. The number of benzene rings is 2. The molecule has 2 nitrogen and oxygen atoms in total. The summed E-state index contributed by atoms with van der Waals surface area (Å²) >= 11 is 9.50. The summed E-state index contributed by atoms with van der Waals surface area (Å²) in [6.45, 7) is 2.03. The van der Waals surface area contributed by atoms with E-state index in [0.717, 1.165) is 10.0 Å². The number of hydrogen-bond donors (Lipinski definition) is 1. The third-order valence-electron chi connectivity index (χ3n) is 2.97. The second-order valence-electron chi connectivity index (χ2n) is 4.93. The van der Waals surface area contributed by atoms with E-state index in [1.54, 1.807) is 18.2 Å². The first-order valence-corrected chi connectivity index (χ1v) is 7.74. The summed E-state index contributed by atoms with van der Waals surface area (Å²) in [6.07, 6.45) is 0.650. The first kappa shape index (κ1) is 16.3. The maximum Gasteiger partial charge on any atom is 0.141 e. The molecule has 2 rings (SSSR count). The van der Waals surface area contributed by atoms with E-state index >= 15 is 0 Å². The Morgan fingerprint density at radius 1 is 1.29 bits per heavy atom. The van der Waals surface area contributed by atoms with Crippen LogP contribution < -0.4 is 10.5 Å². The summed E-state index contributed by atoms with van der Waals surface area (Å²) < 4.78 is 20.3. The van der Waals surface area contributed by atoms with Gasteiger partial charge in [0.25, 0.3) is 0 Å². The molecule has 2 N–H and O–H groups in total. The van der Waals surface area contributed by atoms with Gasteiger partial charge in [0.2, 0.25) is 0 Å². The molecule has 21 heavy (non-hydrogen) atoms. The Kier molecular flexibility index (Phi) is 5.62. The zero-order chi connectivity index (χ0) is 15.4. The molecule has 1 atom stereocenters. The molecule has 0 amide bonds. The van der Waals surface area contributed by atoms with Crippen LogP contribution in [0, 0.1) is 5.82 Å². The Labute approximate surface area is 137 Å². The van der Waals surface area contributed by atoms with E-state index in [4.69, 9.17) is 22.1 Å². The standard InChI is InChI=1S/C16H16BrClFNO/c1-10(20)7-11-3-2-4-14(18)16(11)21-9-12-8-13(17)5-6-15(12)19/h2-6,8,10H,7,9,20H2,1H3. The molecular formula is C16H16BrClFNO. The van der Waals surface area contributed by atoms with Crippen LogP contribution in [0.4, 0.5) is 4.39 Å². The van der Waals surface area contributed by atoms with Gasteiger partial charge >= 0.3 is 0 Å². The molecular weight excluding hydrogens is 357 g/mol. The second-order valence-corrected chi connectivity index (χ2v) is 6.26. The van der Waals surface area contributed by atoms with Gasteiger partial charge in [-0.25, -0.2) is 4.39 Å². The lowest BCUT2D eigenvalue weighted by Crippen LogP contribution is -2.18. The van der Waals surface area contributed by atoms with Crippen LogP contribution in [-0.4, -0.2) is 6.04 Å². The van der Waals surface area contributed by atoms with Gasteiger partial charge in [-0.15, -0.1) is 0 Å². The monoisotopic (exact) mass is 371 g/mol. The molecule has 0 aromatic heterocycles. The number of para-hydroxylation sites is 1. The summed E-state index contributed by atoms with van der Waals surface area (Å²) in [5.41, 5.74) is 7.22. The normalized spacial score (nSPS) is 12.2. The molecule has 0 radical (unpaired) electrons. The van der Waals surface area contributed by atoms with Crippen molar-refractivity contribution in [3.8, 4) is 5.75 Å². The van der Waals surface area contributed by atoms with Gasteiger partial charge in [-0.2, -0.15) is 0 Å². The molecule has 0 saturated heterocycles. The van der Waals surface area contributed by atoms with Crippen LogP contribution >= 0.6 is 27.5 Å². The van der Waals surface area contributed by atoms with E-state index in [0.29, 0.717) is 22.8 Å². The van der Waals surface area contributed by atoms with Crippen molar-refractivity contribution in [2.24, 2.45) is 5.73 Å². The van der Waals surface area contributed by atoms with Crippen molar-refractivity contribution in [3.63, 3.8) is 0 Å². The van der Waals surface area contributed by atoms with E-state index < -0.39 is 0 Å². The number of rotatable bonds is 5. The van der Waals surface area contributed by atoms with E-state index in [1.165, 1.54) is 6.07 Å². The van der Waals surface area contributed by atoms with Crippen molar-refractivity contribution in [3.05, 3.63) is 62.8 Å². The summed E-state index contributed by atoms with van der Waals surface area (Å²) in [7, 11) is 0. The third kappa shape index (κ3) is 4.43. The zero-order valence-corrected chi connectivity index (χ0v) is 13.9. The SMILES string of the molecule is CC(N)Cc1cccc(Cl)c1OCc1cc(Br)ccc1F. The average molecular weight is 373 g/mol. The van der Waals surface area contributed by atoms with Crippen molar-refractivity contribution in [2.75, 3.05) is 0 Å². The number of nitrogens with two attached hydrogens (primary N) is 1. The van der Waals surface area contributed by atoms with Gasteiger partial charge in [0.05, 0.1) is 5.02 Å². The molecule has 0 aliphatic rings. The van der Waals surface area contributed by atoms with Crippen LogP contribution in [0.15, 0.2) is 40.9 Å². The van der Waals surface area contributed by atoms with Gasteiger partial charge < -0.3 is 10.5 Å². The molecule has 0 heterocycles. The zero-order valence-electron chi connectivity index (χ0n) is 11.6. The molecule has 2 aromatic carbocycles. The van der Waals surface area contributed by atoms with Crippen molar-refractivity contribution in [1.82, 2.24) is 0 Å². The quantitative estimate of drug-likeness (QED) is 0.825. The first-order chi connectivity index (χ1) is 9.97. The van der Waals surface area contributed by atoms with Crippen molar-refractivity contribution < 1.29 is 9.13 Å². The molecule has 0 saturated carbocycles. The fourth-order valence-electron chi connectivity index (χ4n) is 2.03. The minimum absolute atomic E-state index is 0.00609. The van der Waals surface area contributed by atoms with Crippen LogP contribution in [0.1, 0.15) is 18.1 Å². The summed E-state index contributed by atoms with van der Waals surface area (Å²) in [5.74, 6) is 0.259. The van der Waals surface area contributed by atoms with Crippen LogP contribution in [0.2, 0.25) is 5.02 Å². The maximum atomic E-state index is 13.7. The Bertz CT molecular complexity index is 634. The lowest BCUT2D eigenvalue weighted by Gasteiger charge is -2.15. The highest BCUT2D eigenvalue weighted by molar-refractivity contribution is 9.10. The topological polar surface area (TPSA) is 35.2 Å². The van der Waals surface area contributed by atoms with Crippen molar-refractivity contribution in [1.29, 1.82) is 0 Å². The Hall–Kier alpha value is -1.10. The molecule has 0 fully saturated rings. The van der Waals surface area contributed by atoms with Gasteiger partial charge in [-0.1, -0.05) is 39.7 Å². The highest BCUT2D eigenvalue weighted by atomic mass is 79.9.